The second-order valence-electron chi connectivity index (χ2n) is 8.11. The van der Waals surface area contributed by atoms with Gasteiger partial charge in [-0.3, -0.25) is 0 Å². The van der Waals surface area contributed by atoms with Crippen molar-refractivity contribution in [2.24, 2.45) is 0 Å². The predicted octanol–water partition coefficient (Wildman–Crippen LogP) is 3.77. The molecule has 1 saturated heterocycles. The van der Waals surface area contributed by atoms with Gasteiger partial charge in [0.2, 0.25) is 0 Å². The number of ether oxygens (including phenoxy) is 3. The third-order valence-electron chi connectivity index (χ3n) is 4.91. The van der Waals surface area contributed by atoms with Crippen LogP contribution in [0.25, 0.3) is 0 Å². The summed E-state index contributed by atoms with van der Waals surface area (Å²) in [4.78, 5) is 12.2. The number of aliphatic hydroxyl groups excluding tert-OH is 1. The molecule has 4 atom stereocenters. The standard InChI is InChI=1S/C20H34BNO5S2/c1-20(2,13-22-19(24)26-15-8-6-4-3-5-7-9-15)29-28-14-25-17-12-18(21)27-16(17)10-11-23/h3-4,15-18,23H,5-14H2,1-2H3,(H,22,24)/b4-3+/t15?,16?,17-,18-/m1/s1. The van der Waals surface area contributed by atoms with Crippen LogP contribution in [0.2, 0.25) is 0 Å². The number of carbonyl (C=O) groups is 1. The lowest BCUT2D eigenvalue weighted by Crippen LogP contribution is -2.37. The van der Waals surface area contributed by atoms with Crippen LogP contribution in [0.1, 0.15) is 58.8 Å². The summed E-state index contributed by atoms with van der Waals surface area (Å²) < 4.78 is 16.9. The Morgan fingerprint density at radius 1 is 1.34 bits per heavy atom. The van der Waals surface area contributed by atoms with Gasteiger partial charge in [0, 0.05) is 23.9 Å². The van der Waals surface area contributed by atoms with Gasteiger partial charge in [0.25, 0.3) is 0 Å². The first-order valence-electron chi connectivity index (χ1n) is 10.4. The van der Waals surface area contributed by atoms with E-state index in [1.807, 2.05) is 0 Å². The minimum Gasteiger partial charge on any atom is -0.446 e. The van der Waals surface area contributed by atoms with E-state index in [1.165, 1.54) is 0 Å². The molecule has 9 heteroatoms. The quantitative estimate of drug-likeness (QED) is 0.175. The van der Waals surface area contributed by atoms with Gasteiger partial charge in [0.15, 0.2) is 0 Å². The molecule has 2 unspecified atom stereocenters. The maximum absolute atomic E-state index is 12.2. The molecule has 1 aliphatic heterocycles. The molecule has 1 amide bonds. The van der Waals surface area contributed by atoms with E-state index in [4.69, 9.17) is 27.2 Å². The minimum absolute atomic E-state index is 0.00496. The monoisotopic (exact) mass is 443 g/mol. The highest BCUT2D eigenvalue weighted by atomic mass is 33.1. The number of rotatable bonds is 10. The predicted molar refractivity (Wildman–Crippen MR) is 120 cm³/mol. The molecule has 29 heavy (non-hydrogen) atoms. The van der Waals surface area contributed by atoms with Gasteiger partial charge >= 0.3 is 6.09 Å². The second kappa shape index (κ2) is 13.1. The van der Waals surface area contributed by atoms with Crippen molar-refractivity contribution in [1.29, 1.82) is 0 Å². The smallest absolute Gasteiger partial charge is 0.407 e. The van der Waals surface area contributed by atoms with Crippen molar-refractivity contribution in [1.82, 2.24) is 5.32 Å². The van der Waals surface area contributed by atoms with E-state index in [-0.39, 0.29) is 41.8 Å². The van der Waals surface area contributed by atoms with E-state index >= 15 is 0 Å². The highest BCUT2D eigenvalue weighted by Crippen LogP contribution is 2.36. The Hall–Kier alpha value is -0.345. The van der Waals surface area contributed by atoms with Crippen molar-refractivity contribution in [3.63, 3.8) is 0 Å². The van der Waals surface area contributed by atoms with Gasteiger partial charge in [-0.15, -0.1) is 0 Å². The number of amides is 1. The van der Waals surface area contributed by atoms with Gasteiger partial charge < -0.3 is 24.6 Å². The molecule has 2 aliphatic rings. The van der Waals surface area contributed by atoms with Crippen LogP contribution < -0.4 is 5.32 Å². The average Bonchev–Trinajstić information content (AvgIpc) is 2.99. The van der Waals surface area contributed by atoms with Gasteiger partial charge in [-0.05, 0) is 58.8 Å². The molecule has 1 fully saturated rings. The molecule has 2 rings (SSSR count). The molecule has 2 N–H and O–H groups in total. The van der Waals surface area contributed by atoms with Crippen LogP contribution in [0.4, 0.5) is 4.79 Å². The van der Waals surface area contributed by atoms with Crippen molar-refractivity contribution in [2.75, 3.05) is 19.1 Å². The fourth-order valence-corrected chi connectivity index (χ4v) is 5.53. The first-order chi connectivity index (χ1) is 13.9. The molecule has 1 heterocycles. The molecule has 0 aromatic heterocycles. The first kappa shape index (κ1) is 24.9. The summed E-state index contributed by atoms with van der Waals surface area (Å²) in [7, 11) is 9.08. The van der Waals surface area contributed by atoms with Crippen LogP contribution in [-0.2, 0) is 14.2 Å². The highest BCUT2D eigenvalue weighted by Gasteiger charge is 2.33. The average molecular weight is 443 g/mol. The molecular weight excluding hydrogens is 409 g/mol. The van der Waals surface area contributed by atoms with Crippen LogP contribution in [0, 0.1) is 0 Å². The van der Waals surface area contributed by atoms with Gasteiger partial charge in [0.05, 0.1) is 12.2 Å². The molecule has 2 radical (unpaired) electrons. The lowest BCUT2D eigenvalue weighted by atomic mass is 9.96. The molecule has 0 saturated carbocycles. The Kier molecular flexibility index (Phi) is 11.3. The number of carbonyl (C=O) groups excluding carboxylic acids is 1. The van der Waals surface area contributed by atoms with Gasteiger partial charge in [-0.25, -0.2) is 4.79 Å². The maximum Gasteiger partial charge on any atom is 0.407 e. The van der Waals surface area contributed by atoms with Gasteiger partial charge in [0.1, 0.15) is 19.9 Å². The number of nitrogens with one attached hydrogen (secondary N) is 1. The minimum atomic E-state index is -0.335. The van der Waals surface area contributed by atoms with Crippen LogP contribution in [-0.4, -0.2) is 67.2 Å². The molecule has 6 nitrogen and oxygen atoms in total. The topological polar surface area (TPSA) is 77.0 Å². The largest absolute Gasteiger partial charge is 0.446 e. The van der Waals surface area contributed by atoms with Crippen molar-refractivity contribution in [3.8, 4) is 0 Å². The van der Waals surface area contributed by atoms with Crippen molar-refractivity contribution in [2.45, 2.75) is 87.9 Å². The summed E-state index contributed by atoms with van der Waals surface area (Å²) in [6.07, 6.45) is 9.89. The van der Waals surface area contributed by atoms with E-state index in [1.54, 1.807) is 21.6 Å². The maximum atomic E-state index is 12.2. The molecule has 1 aliphatic carbocycles. The third kappa shape index (κ3) is 10.0. The molecule has 0 bridgehead atoms. The van der Waals surface area contributed by atoms with E-state index in [9.17, 15) is 4.79 Å². The zero-order valence-electron chi connectivity index (χ0n) is 17.5. The summed E-state index contributed by atoms with van der Waals surface area (Å²) >= 11 is 0. The fourth-order valence-electron chi connectivity index (χ4n) is 3.35. The number of aliphatic hydroxyl groups is 1. The van der Waals surface area contributed by atoms with E-state index in [0.29, 0.717) is 25.3 Å². The highest BCUT2D eigenvalue weighted by molar-refractivity contribution is 8.77. The first-order valence-corrected chi connectivity index (χ1v) is 12.7. The van der Waals surface area contributed by atoms with Gasteiger partial charge in [-0.2, -0.15) is 0 Å². The molecular formula is C20H34BNO5S2. The number of alkyl carbamates (subject to hydrolysis) is 1. The SMILES string of the molecule is [B][C@H]1C[C@@H](OCSSC(C)(C)CNC(=O)OC2CC/C=C/CCC2)C(CCO)O1. The van der Waals surface area contributed by atoms with Gasteiger partial charge in [-0.1, -0.05) is 33.7 Å². The lowest BCUT2D eigenvalue weighted by Gasteiger charge is -2.25. The molecule has 164 valence electrons. The molecule has 0 aromatic rings. The van der Waals surface area contributed by atoms with Crippen molar-refractivity contribution in [3.05, 3.63) is 12.2 Å². The van der Waals surface area contributed by atoms with E-state index in [2.05, 4.69) is 31.3 Å². The number of hydrogen-bond donors (Lipinski definition) is 2. The fraction of sp³-hybridized carbons (Fsp3) is 0.850. The Morgan fingerprint density at radius 3 is 2.93 bits per heavy atom. The zero-order chi connectivity index (χ0) is 21.1. The molecule has 0 spiro atoms. The zero-order valence-corrected chi connectivity index (χ0v) is 19.1. The summed E-state index contributed by atoms with van der Waals surface area (Å²) in [5.74, 6) is 0.497. The molecule has 0 aromatic carbocycles. The number of allylic oxidation sites excluding steroid dienone is 2. The Morgan fingerprint density at radius 2 is 2.14 bits per heavy atom. The number of hydrogen-bond acceptors (Lipinski definition) is 7. The third-order valence-corrected chi connectivity index (χ3v) is 7.85. The van der Waals surface area contributed by atoms with Crippen LogP contribution >= 0.6 is 21.6 Å². The van der Waals surface area contributed by atoms with E-state index < -0.39 is 0 Å². The summed E-state index contributed by atoms with van der Waals surface area (Å²) in [6.45, 7) is 4.73. The Balaban J connectivity index is 1.61. The summed E-state index contributed by atoms with van der Waals surface area (Å²) in [6, 6.07) is -0.324. The van der Waals surface area contributed by atoms with E-state index in [0.717, 1.165) is 32.1 Å². The van der Waals surface area contributed by atoms with Crippen LogP contribution in [0.15, 0.2) is 12.2 Å². The Labute approximate surface area is 184 Å². The normalized spacial score (nSPS) is 29.1. The van der Waals surface area contributed by atoms with Crippen LogP contribution in [0.3, 0.4) is 0 Å². The lowest BCUT2D eigenvalue weighted by molar-refractivity contribution is -0.00713. The van der Waals surface area contributed by atoms with Crippen molar-refractivity contribution < 1.29 is 24.1 Å². The van der Waals surface area contributed by atoms with Crippen LogP contribution in [0.5, 0.6) is 0 Å². The second-order valence-corrected chi connectivity index (χ2v) is 11.1. The van der Waals surface area contributed by atoms with Crippen molar-refractivity contribution >= 4 is 35.5 Å². The summed E-state index contributed by atoms with van der Waals surface area (Å²) in [5, 5.41) is 12.0. The Bertz CT molecular complexity index is 523. The summed E-state index contributed by atoms with van der Waals surface area (Å²) in [5.41, 5.74) is 0.